The lowest BCUT2D eigenvalue weighted by atomic mass is 9.85. The summed E-state index contributed by atoms with van der Waals surface area (Å²) in [6.45, 7) is 0. The van der Waals surface area contributed by atoms with Crippen molar-refractivity contribution in [3.63, 3.8) is 0 Å². The first-order valence-corrected chi connectivity index (χ1v) is 6.78. The molecule has 1 aromatic rings. The van der Waals surface area contributed by atoms with Crippen molar-refractivity contribution in [3.05, 3.63) is 41.0 Å². The van der Waals surface area contributed by atoms with Gasteiger partial charge in [-0.25, -0.2) is 0 Å². The van der Waals surface area contributed by atoms with Crippen LogP contribution in [0.1, 0.15) is 12.0 Å². The molecule has 118 valence electrons. The highest BCUT2D eigenvalue weighted by molar-refractivity contribution is 5.51. The monoisotopic (exact) mass is 308 g/mol. The molecule has 1 aliphatic carbocycles. The quantitative estimate of drug-likeness (QED) is 0.464. The molecule has 0 saturated heterocycles. The molecular formula is C15H16O7. The van der Waals surface area contributed by atoms with Gasteiger partial charge in [-0.1, -0.05) is 0 Å². The van der Waals surface area contributed by atoms with E-state index in [4.69, 9.17) is 4.74 Å². The van der Waals surface area contributed by atoms with Crippen molar-refractivity contribution in [2.45, 2.75) is 25.0 Å². The highest BCUT2D eigenvalue weighted by Gasteiger charge is 2.38. The van der Waals surface area contributed by atoms with Gasteiger partial charge < -0.3 is 35.4 Å². The third-order valence-corrected chi connectivity index (χ3v) is 3.96. The molecule has 0 amide bonds. The molecule has 6 N–H and O–H groups in total. The lowest BCUT2D eigenvalue weighted by Gasteiger charge is -2.35. The van der Waals surface area contributed by atoms with E-state index >= 15 is 0 Å². The molecule has 3 rings (SSSR count). The zero-order chi connectivity index (χ0) is 16.0. The lowest BCUT2D eigenvalue weighted by molar-refractivity contribution is -0.00628. The van der Waals surface area contributed by atoms with Gasteiger partial charge in [0.25, 0.3) is 0 Å². The molecule has 0 spiro atoms. The van der Waals surface area contributed by atoms with Gasteiger partial charge in [0.1, 0.15) is 29.1 Å². The van der Waals surface area contributed by atoms with Crippen LogP contribution in [0.5, 0.6) is 17.2 Å². The van der Waals surface area contributed by atoms with Gasteiger partial charge in [-0.3, -0.25) is 0 Å². The molecule has 1 aliphatic heterocycles. The topological polar surface area (TPSA) is 131 Å². The highest BCUT2D eigenvalue weighted by Crippen LogP contribution is 2.41. The summed E-state index contributed by atoms with van der Waals surface area (Å²) < 4.78 is 5.64. The fourth-order valence-electron chi connectivity index (χ4n) is 2.87. The van der Waals surface area contributed by atoms with Crippen LogP contribution < -0.4 is 4.74 Å². The number of phenolic OH excluding ortho intramolecular Hbond substituents is 2. The first kappa shape index (κ1) is 14.4. The van der Waals surface area contributed by atoms with Gasteiger partial charge in [-0.05, 0) is 6.08 Å². The van der Waals surface area contributed by atoms with Crippen molar-refractivity contribution >= 4 is 0 Å². The number of phenols is 2. The fraction of sp³-hybridized carbons (Fsp3) is 0.333. The van der Waals surface area contributed by atoms with Crippen LogP contribution in [0.2, 0.25) is 0 Å². The molecule has 3 atom stereocenters. The lowest BCUT2D eigenvalue weighted by Crippen LogP contribution is -2.43. The van der Waals surface area contributed by atoms with Crippen molar-refractivity contribution in [2.75, 3.05) is 0 Å². The SMILES string of the molecule is OC1=C[C@H](C2Oc3cc(O)cc(O)c3C[C@H]2O)CC(O)=C1O. The maximum absolute atomic E-state index is 10.2. The fourth-order valence-corrected chi connectivity index (χ4v) is 2.87. The number of aliphatic hydroxyl groups is 4. The summed E-state index contributed by atoms with van der Waals surface area (Å²) >= 11 is 0. The maximum Gasteiger partial charge on any atom is 0.195 e. The number of rotatable bonds is 1. The van der Waals surface area contributed by atoms with Crippen LogP contribution in [0.25, 0.3) is 0 Å². The predicted molar refractivity (Wildman–Crippen MR) is 75.0 cm³/mol. The number of aliphatic hydroxyl groups excluding tert-OH is 4. The minimum absolute atomic E-state index is 0.00223. The molecule has 22 heavy (non-hydrogen) atoms. The molecule has 0 radical (unpaired) electrons. The van der Waals surface area contributed by atoms with E-state index in [1.165, 1.54) is 12.1 Å². The second kappa shape index (κ2) is 5.03. The number of fused-ring (bicyclic) bond motifs is 1. The van der Waals surface area contributed by atoms with Gasteiger partial charge in [0.05, 0.1) is 6.10 Å². The van der Waals surface area contributed by atoms with Crippen molar-refractivity contribution < 1.29 is 35.4 Å². The van der Waals surface area contributed by atoms with E-state index in [0.29, 0.717) is 5.56 Å². The van der Waals surface area contributed by atoms with Gasteiger partial charge in [-0.15, -0.1) is 0 Å². The minimum atomic E-state index is -0.981. The van der Waals surface area contributed by atoms with Crippen LogP contribution in [0.3, 0.4) is 0 Å². The number of ether oxygens (including phenoxy) is 1. The van der Waals surface area contributed by atoms with Gasteiger partial charge in [0, 0.05) is 36.5 Å². The number of aromatic hydroxyl groups is 2. The third-order valence-electron chi connectivity index (χ3n) is 3.96. The molecule has 0 bridgehead atoms. The van der Waals surface area contributed by atoms with E-state index in [-0.39, 0.29) is 35.8 Å². The summed E-state index contributed by atoms with van der Waals surface area (Å²) in [5.74, 6) is -2.12. The van der Waals surface area contributed by atoms with E-state index in [2.05, 4.69) is 0 Å². The molecule has 0 aromatic heterocycles. The van der Waals surface area contributed by atoms with Crippen LogP contribution in [0.15, 0.2) is 35.5 Å². The molecule has 1 aromatic carbocycles. The Balaban J connectivity index is 1.91. The van der Waals surface area contributed by atoms with Gasteiger partial charge in [-0.2, -0.15) is 0 Å². The summed E-state index contributed by atoms with van der Waals surface area (Å²) in [5, 5.41) is 58.2. The molecule has 1 unspecified atom stereocenters. The number of allylic oxidation sites excluding steroid dienone is 1. The molecule has 7 heteroatoms. The van der Waals surface area contributed by atoms with Crippen molar-refractivity contribution in [1.29, 1.82) is 0 Å². The van der Waals surface area contributed by atoms with Crippen molar-refractivity contribution in [1.82, 2.24) is 0 Å². The summed E-state index contributed by atoms with van der Waals surface area (Å²) in [7, 11) is 0. The predicted octanol–water partition coefficient (Wildman–Crippen LogP) is 1.55. The van der Waals surface area contributed by atoms with Gasteiger partial charge >= 0.3 is 0 Å². The van der Waals surface area contributed by atoms with Crippen LogP contribution in [0.4, 0.5) is 0 Å². The third kappa shape index (κ3) is 2.29. The average Bonchev–Trinajstić information content (AvgIpc) is 2.44. The second-order valence-corrected chi connectivity index (χ2v) is 5.51. The van der Waals surface area contributed by atoms with Crippen LogP contribution in [0, 0.1) is 5.92 Å². The Kier molecular flexibility index (Phi) is 3.29. The number of hydrogen-bond acceptors (Lipinski definition) is 7. The second-order valence-electron chi connectivity index (χ2n) is 5.51. The first-order chi connectivity index (χ1) is 10.4. The Hall–Kier alpha value is -2.54. The smallest absolute Gasteiger partial charge is 0.195 e. The molecule has 2 aliphatic rings. The Morgan fingerprint density at radius 1 is 1.00 bits per heavy atom. The standard InChI is InChI=1S/C15H16O7/c16-7-3-9(17)8-5-12(20)15(22-13(8)4-7)6-1-10(18)14(21)11(19)2-6/h1,3-4,6,12,15-21H,2,5H2/t6-,12+,15?/m0/s1. The van der Waals surface area contributed by atoms with E-state index in [1.807, 2.05) is 0 Å². The Bertz CT molecular complexity index is 677. The normalized spacial score (nSPS) is 27.9. The van der Waals surface area contributed by atoms with E-state index < -0.39 is 29.6 Å². The summed E-state index contributed by atoms with van der Waals surface area (Å²) in [6.07, 6.45) is -0.377. The molecule has 0 saturated carbocycles. The molecule has 0 fully saturated rings. The summed E-state index contributed by atoms with van der Waals surface area (Å²) in [5.41, 5.74) is 0.383. The Labute approximate surface area is 125 Å². The first-order valence-electron chi connectivity index (χ1n) is 6.78. The van der Waals surface area contributed by atoms with E-state index in [0.717, 1.165) is 6.07 Å². The highest BCUT2D eigenvalue weighted by atomic mass is 16.5. The summed E-state index contributed by atoms with van der Waals surface area (Å²) in [4.78, 5) is 0. The average molecular weight is 308 g/mol. The van der Waals surface area contributed by atoms with Gasteiger partial charge in [0.2, 0.25) is 0 Å². The Morgan fingerprint density at radius 2 is 1.73 bits per heavy atom. The van der Waals surface area contributed by atoms with Crippen molar-refractivity contribution in [2.24, 2.45) is 5.92 Å². The van der Waals surface area contributed by atoms with E-state index in [1.54, 1.807) is 0 Å². The zero-order valence-electron chi connectivity index (χ0n) is 11.5. The largest absolute Gasteiger partial charge is 0.508 e. The number of benzene rings is 1. The minimum Gasteiger partial charge on any atom is -0.508 e. The molecule has 7 nitrogen and oxygen atoms in total. The van der Waals surface area contributed by atoms with Crippen LogP contribution in [-0.4, -0.2) is 42.8 Å². The van der Waals surface area contributed by atoms with Crippen LogP contribution in [-0.2, 0) is 6.42 Å². The molecular weight excluding hydrogens is 292 g/mol. The zero-order valence-corrected chi connectivity index (χ0v) is 11.5. The Morgan fingerprint density at radius 3 is 2.41 bits per heavy atom. The van der Waals surface area contributed by atoms with Crippen LogP contribution >= 0.6 is 0 Å². The maximum atomic E-state index is 10.2. The van der Waals surface area contributed by atoms with Crippen molar-refractivity contribution in [3.8, 4) is 17.2 Å². The van der Waals surface area contributed by atoms with Gasteiger partial charge in [0.15, 0.2) is 11.5 Å². The molecule has 1 heterocycles. The van der Waals surface area contributed by atoms with E-state index in [9.17, 15) is 30.6 Å². The number of hydrogen-bond donors (Lipinski definition) is 6. The summed E-state index contributed by atoms with van der Waals surface area (Å²) in [6, 6.07) is 2.49.